The number of nitrogens with zero attached hydrogens (tertiary/aromatic N) is 2. The summed E-state index contributed by atoms with van der Waals surface area (Å²) in [5, 5.41) is 0. The lowest BCUT2D eigenvalue weighted by atomic mass is 9.98. The van der Waals surface area contributed by atoms with Crippen LogP contribution in [0.15, 0.2) is 36.4 Å². The van der Waals surface area contributed by atoms with E-state index in [9.17, 15) is 14.4 Å². The fourth-order valence-electron chi connectivity index (χ4n) is 5.04. The number of unbranched alkanes of at least 4 members (excludes halogenated alkanes) is 3. The Hall–Kier alpha value is -3.95. The highest BCUT2D eigenvalue weighted by Crippen LogP contribution is 2.41. The SMILES string of the molecule is CCCCCCN(C(=O)C(Cc1ccc(-c2cc(OC)c(OC)c(OC)c2)cc1)N(C)C(=O)OC(C)(C)C)C(C)CC(=O)OC. The maximum absolute atomic E-state index is 14.3. The molecule has 0 spiro atoms. The maximum atomic E-state index is 14.3. The van der Waals surface area contributed by atoms with E-state index in [1.807, 2.05) is 43.3 Å². The van der Waals surface area contributed by atoms with Crippen molar-refractivity contribution in [2.75, 3.05) is 42.0 Å². The fourth-order valence-corrected chi connectivity index (χ4v) is 5.04. The number of amides is 2. The Bertz CT molecular complexity index is 1230. The van der Waals surface area contributed by atoms with Crippen molar-refractivity contribution < 1.29 is 38.1 Å². The molecule has 2 unspecified atom stereocenters. The molecule has 0 saturated heterocycles. The molecule has 0 bridgehead atoms. The molecule has 0 aliphatic heterocycles. The Morgan fingerprint density at radius 1 is 0.844 bits per heavy atom. The van der Waals surface area contributed by atoms with Crippen LogP contribution >= 0.6 is 0 Å². The van der Waals surface area contributed by atoms with Crippen molar-refractivity contribution in [3.63, 3.8) is 0 Å². The fraction of sp³-hybridized carbons (Fsp3) is 0.571. The van der Waals surface area contributed by atoms with Crippen molar-refractivity contribution in [1.82, 2.24) is 9.80 Å². The van der Waals surface area contributed by atoms with Crippen LogP contribution in [0.25, 0.3) is 11.1 Å². The number of carbonyl (C=O) groups is 3. The summed E-state index contributed by atoms with van der Waals surface area (Å²) in [7, 11) is 7.62. The third-order valence-corrected chi connectivity index (χ3v) is 7.57. The summed E-state index contributed by atoms with van der Waals surface area (Å²) in [6.07, 6.45) is 3.57. The second-order valence-corrected chi connectivity index (χ2v) is 12.1. The zero-order valence-corrected chi connectivity index (χ0v) is 28.7. The van der Waals surface area contributed by atoms with Crippen molar-refractivity contribution in [2.45, 2.75) is 90.8 Å². The maximum Gasteiger partial charge on any atom is 0.410 e. The van der Waals surface area contributed by atoms with Gasteiger partial charge in [0.2, 0.25) is 11.7 Å². The molecule has 2 amide bonds. The lowest BCUT2D eigenvalue weighted by Crippen LogP contribution is -2.54. The molecule has 2 rings (SSSR count). The summed E-state index contributed by atoms with van der Waals surface area (Å²) >= 11 is 0. The van der Waals surface area contributed by atoms with E-state index in [2.05, 4.69) is 6.92 Å². The largest absolute Gasteiger partial charge is 0.493 e. The van der Waals surface area contributed by atoms with E-state index in [-0.39, 0.29) is 18.7 Å². The summed E-state index contributed by atoms with van der Waals surface area (Å²) in [5.74, 6) is 0.951. The minimum atomic E-state index is -0.863. The number of methoxy groups -OCH3 is 4. The average molecular weight is 629 g/mol. The molecule has 0 aliphatic rings. The minimum Gasteiger partial charge on any atom is -0.493 e. The lowest BCUT2D eigenvalue weighted by Gasteiger charge is -2.36. The van der Waals surface area contributed by atoms with Crippen molar-refractivity contribution in [3.05, 3.63) is 42.0 Å². The summed E-state index contributed by atoms with van der Waals surface area (Å²) in [5.41, 5.74) is 1.89. The van der Waals surface area contributed by atoms with Crippen molar-refractivity contribution in [3.8, 4) is 28.4 Å². The monoisotopic (exact) mass is 628 g/mol. The molecule has 45 heavy (non-hydrogen) atoms. The van der Waals surface area contributed by atoms with Gasteiger partial charge in [-0.25, -0.2) is 4.79 Å². The summed E-state index contributed by atoms with van der Waals surface area (Å²) in [4.78, 5) is 42.8. The van der Waals surface area contributed by atoms with Gasteiger partial charge in [-0.1, -0.05) is 50.5 Å². The van der Waals surface area contributed by atoms with E-state index >= 15 is 0 Å². The first-order chi connectivity index (χ1) is 21.3. The third-order valence-electron chi connectivity index (χ3n) is 7.57. The number of rotatable bonds is 16. The van der Waals surface area contributed by atoms with Crippen molar-refractivity contribution in [1.29, 1.82) is 0 Å². The topological polar surface area (TPSA) is 104 Å². The van der Waals surface area contributed by atoms with Gasteiger partial charge < -0.3 is 28.6 Å². The van der Waals surface area contributed by atoms with E-state index in [0.717, 1.165) is 42.4 Å². The molecular weight excluding hydrogens is 576 g/mol. The van der Waals surface area contributed by atoms with Gasteiger partial charge in [0.1, 0.15) is 11.6 Å². The Balaban J connectivity index is 2.47. The Labute approximate surface area is 268 Å². The molecule has 2 atom stereocenters. The average Bonchev–Trinajstić information content (AvgIpc) is 3.01. The molecule has 2 aromatic carbocycles. The quantitative estimate of drug-likeness (QED) is 0.153. The molecule has 0 N–H and O–H groups in total. The van der Waals surface area contributed by atoms with Crippen LogP contribution in [-0.2, 0) is 25.5 Å². The smallest absolute Gasteiger partial charge is 0.410 e. The molecule has 0 fully saturated rings. The standard InChI is InChI=1S/C35H52N2O8/c1-11-12-13-14-19-37(24(2)20-31(38)43-9)33(39)28(36(6)34(40)45-35(3,4)5)21-25-15-17-26(18-16-25)27-22-29(41-7)32(44-10)30(23-27)42-8/h15-18,22-24,28H,11-14,19-21H2,1-10H3. The van der Waals surface area contributed by atoms with Crippen molar-refractivity contribution >= 4 is 18.0 Å². The van der Waals surface area contributed by atoms with Gasteiger partial charge in [0.25, 0.3) is 0 Å². The van der Waals surface area contributed by atoms with E-state index < -0.39 is 29.7 Å². The first kappa shape index (κ1) is 37.2. The van der Waals surface area contributed by atoms with Crippen LogP contribution in [0.5, 0.6) is 17.2 Å². The second-order valence-electron chi connectivity index (χ2n) is 12.1. The number of ether oxygens (including phenoxy) is 5. The minimum absolute atomic E-state index is 0.0579. The number of hydrogen-bond donors (Lipinski definition) is 0. The predicted octanol–water partition coefficient (Wildman–Crippen LogP) is 6.52. The van der Waals surface area contributed by atoms with Gasteiger partial charge in [-0.2, -0.15) is 0 Å². The number of hydrogen-bond acceptors (Lipinski definition) is 8. The van der Waals surface area contributed by atoms with Crippen molar-refractivity contribution in [2.24, 2.45) is 0 Å². The van der Waals surface area contributed by atoms with Gasteiger partial charge >= 0.3 is 12.1 Å². The number of likely N-dealkylation sites (N-methyl/N-ethyl adjacent to an activating group) is 1. The summed E-state index contributed by atoms with van der Waals surface area (Å²) in [6, 6.07) is 10.2. The Morgan fingerprint density at radius 3 is 1.93 bits per heavy atom. The molecule has 250 valence electrons. The van der Waals surface area contributed by atoms with Gasteiger partial charge in [0.15, 0.2) is 11.5 Å². The van der Waals surface area contributed by atoms with Crippen LogP contribution in [0, 0.1) is 0 Å². The second kappa shape index (κ2) is 17.5. The molecule has 0 aromatic heterocycles. The van der Waals surface area contributed by atoms with Crippen LogP contribution in [0.4, 0.5) is 4.79 Å². The first-order valence-corrected chi connectivity index (χ1v) is 15.5. The number of carbonyl (C=O) groups excluding carboxylic acids is 3. The molecule has 0 saturated carbocycles. The van der Waals surface area contributed by atoms with E-state index in [1.165, 1.54) is 12.0 Å². The van der Waals surface area contributed by atoms with Gasteiger partial charge in [0.05, 0.1) is 34.9 Å². The van der Waals surface area contributed by atoms with Crippen LogP contribution < -0.4 is 14.2 Å². The number of benzene rings is 2. The number of esters is 1. The third kappa shape index (κ3) is 10.9. The first-order valence-electron chi connectivity index (χ1n) is 15.5. The molecule has 0 heterocycles. The van der Waals surface area contributed by atoms with E-state index in [0.29, 0.717) is 23.8 Å². The zero-order valence-electron chi connectivity index (χ0n) is 28.7. The highest BCUT2D eigenvalue weighted by molar-refractivity contribution is 5.87. The highest BCUT2D eigenvalue weighted by atomic mass is 16.6. The molecule has 0 radical (unpaired) electrons. The summed E-state index contributed by atoms with van der Waals surface area (Å²) < 4.78 is 27.0. The van der Waals surface area contributed by atoms with E-state index in [1.54, 1.807) is 54.0 Å². The highest BCUT2D eigenvalue weighted by Gasteiger charge is 2.35. The van der Waals surface area contributed by atoms with E-state index in [4.69, 9.17) is 23.7 Å². The molecule has 10 heteroatoms. The zero-order chi connectivity index (χ0) is 33.7. The van der Waals surface area contributed by atoms with Crippen LogP contribution in [0.1, 0.15) is 72.3 Å². The van der Waals surface area contributed by atoms with Crippen LogP contribution in [-0.4, -0.2) is 87.5 Å². The van der Waals surface area contributed by atoms with Gasteiger partial charge in [0, 0.05) is 26.1 Å². The molecule has 2 aromatic rings. The van der Waals surface area contributed by atoms with Gasteiger partial charge in [-0.3, -0.25) is 14.5 Å². The predicted molar refractivity (Wildman–Crippen MR) is 175 cm³/mol. The summed E-state index contributed by atoms with van der Waals surface area (Å²) in [6.45, 7) is 9.80. The molecular formula is C35H52N2O8. The van der Waals surface area contributed by atoms with Gasteiger partial charge in [-0.15, -0.1) is 0 Å². The van der Waals surface area contributed by atoms with Gasteiger partial charge in [-0.05, 0) is 62.9 Å². The Morgan fingerprint density at radius 2 is 1.44 bits per heavy atom. The normalized spacial score (nSPS) is 12.5. The molecule has 10 nitrogen and oxygen atoms in total. The Kier molecular flexibility index (Phi) is 14.5. The van der Waals surface area contributed by atoms with Crippen LogP contribution in [0.2, 0.25) is 0 Å². The molecule has 0 aliphatic carbocycles. The van der Waals surface area contributed by atoms with Crippen LogP contribution in [0.3, 0.4) is 0 Å². The lowest BCUT2D eigenvalue weighted by molar-refractivity contribution is -0.145.